The highest BCUT2D eigenvalue weighted by atomic mass is 19.1. The van der Waals surface area contributed by atoms with E-state index in [0.29, 0.717) is 11.3 Å². The van der Waals surface area contributed by atoms with Crippen LogP contribution >= 0.6 is 0 Å². The molecule has 0 bridgehead atoms. The van der Waals surface area contributed by atoms with E-state index in [-0.39, 0.29) is 11.9 Å². The molecule has 1 atom stereocenters. The third-order valence-electron chi connectivity index (χ3n) is 3.12. The van der Waals surface area contributed by atoms with Crippen molar-refractivity contribution in [3.63, 3.8) is 0 Å². The van der Waals surface area contributed by atoms with Crippen LogP contribution in [0.15, 0.2) is 42.5 Å². The highest BCUT2D eigenvalue weighted by molar-refractivity contribution is 5.67. The molecule has 0 aromatic heterocycles. The molecule has 0 spiro atoms. The largest absolute Gasteiger partial charge is 0.397 e. The molecule has 2 aromatic rings. The van der Waals surface area contributed by atoms with Gasteiger partial charge in [-0.25, -0.2) is 4.39 Å². The maximum atomic E-state index is 13.3. The van der Waals surface area contributed by atoms with Gasteiger partial charge in [0.05, 0.1) is 11.4 Å². The minimum absolute atomic E-state index is 0.231. The molecule has 3 N–H and O–H groups in total. The van der Waals surface area contributed by atoms with Crippen LogP contribution in [0.25, 0.3) is 0 Å². The molecule has 2 nitrogen and oxygen atoms in total. The third kappa shape index (κ3) is 3.47. The van der Waals surface area contributed by atoms with E-state index >= 15 is 0 Å². The topological polar surface area (TPSA) is 38.0 Å². The van der Waals surface area contributed by atoms with Gasteiger partial charge in [-0.05, 0) is 43.5 Å². The zero-order chi connectivity index (χ0) is 13.8. The second-order valence-corrected chi connectivity index (χ2v) is 4.92. The van der Waals surface area contributed by atoms with Gasteiger partial charge in [0.1, 0.15) is 5.82 Å². The first-order valence-electron chi connectivity index (χ1n) is 6.42. The van der Waals surface area contributed by atoms with E-state index in [9.17, 15) is 4.39 Å². The fraction of sp³-hybridized carbons (Fsp3) is 0.250. The molecule has 2 rings (SSSR count). The van der Waals surface area contributed by atoms with Crippen molar-refractivity contribution in [1.82, 2.24) is 0 Å². The Balaban J connectivity index is 2.07. The summed E-state index contributed by atoms with van der Waals surface area (Å²) in [6.45, 7) is 3.83. The Bertz CT molecular complexity index is 552. The first-order valence-corrected chi connectivity index (χ1v) is 6.42. The van der Waals surface area contributed by atoms with Gasteiger partial charge in [0.2, 0.25) is 0 Å². The fourth-order valence-electron chi connectivity index (χ4n) is 2.11. The molecule has 0 aliphatic rings. The molecule has 1 unspecified atom stereocenters. The Kier molecular flexibility index (Phi) is 4.05. The molecule has 0 aliphatic carbocycles. The van der Waals surface area contributed by atoms with Gasteiger partial charge in [-0.1, -0.05) is 30.3 Å². The average Bonchev–Trinajstić information content (AvgIpc) is 2.37. The number of rotatable bonds is 4. The third-order valence-corrected chi connectivity index (χ3v) is 3.12. The monoisotopic (exact) mass is 258 g/mol. The number of halogens is 1. The summed E-state index contributed by atoms with van der Waals surface area (Å²) in [7, 11) is 0. The first kappa shape index (κ1) is 13.4. The van der Waals surface area contributed by atoms with Crippen molar-refractivity contribution in [3.05, 3.63) is 59.4 Å². The Morgan fingerprint density at radius 3 is 2.58 bits per heavy atom. The van der Waals surface area contributed by atoms with Crippen LogP contribution in [0.3, 0.4) is 0 Å². The zero-order valence-electron chi connectivity index (χ0n) is 11.3. The van der Waals surface area contributed by atoms with Crippen LogP contribution in [-0.2, 0) is 6.42 Å². The number of nitrogen functional groups attached to an aromatic ring is 1. The van der Waals surface area contributed by atoms with Gasteiger partial charge in [-0.2, -0.15) is 0 Å². The molecule has 19 heavy (non-hydrogen) atoms. The minimum Gasteiger partial charge on any atom is -0.397 e. The summed E-state index contributed by atoms with van der Waals surface area (Å²) in [4.78, 5) is 0. The van der Waals surface area contributed by atoms with Gasteiger partial charge in [0.15, 0.2) is 0 Å². The Hall–Kier alpha value is -2.03. The van der Waals surface area contributed by atoms with Gasteiger partial charge < -0.3 is 11.1 Å². The van der Waals surface area contributed by atoms with Crippen LogP contribution in [-0.4, -0.2) is 6.04 Å². The Morgan fingerprint density at radius 2 is 1.89 bits per heavy atom. The lowest BCUT2D eigenvalue weighted by atomic mass is 10.1. The molecule has 0 fully saturated rings. The Labute approximate surface area is 113 Å². The summed E-state index contributed by atoms with van der Waals surface area (Å²) in [6.07, 6.45) is 0.900. The van der Waals surface area contributed by atoms with E-state index in [2.05, 4.69) is 24.4 Å². The summed E-state index contributed by atoms with van der Waals surface area (Å²) in [5.74, 6) is -0.265. The van der Waals surface area contributed by atoms with Gasteiger partial charge in [0, 0.05) is 6.04 Å². The number of nitrogens with two attached hydrogens (primary N) is 1. The Morgan fingerprint density at radius 1 is 1.21 bits per heavy atom. The second kappa shape index (κ2) is 5.74. The predicted octanol–water partition coefficient (Wildman–Crippen LogP) is 3.76. The summed E-state index contributed by atoms with van der Waals surface area (Å²) >= 11 is 0. The normalized spacial score (nSPS) is 12.2. The quantitative estimate of drug-likeness (QED) is 0.819. The lowest BCUT2D eigenvalue weighted by molar-refractivity contribution is 0.619. The molecule has 0 amide bonds. The van der Waals surface area contributed by atoms with E-state index < -0.39 is 0 Å². The number of nitrogens with one attached hydrogen (secondary N) is 1. The van der Waals surface area contributed by atoms with Gasteiger partial charge in [-0.3, -0.25) is 0 Å². The molecule has 0 aliphatic heterocycles. The van der Waals surface area contributed by atoms with Crippen molar-refractivity contribution in [2.75, 3.05) is 11.1 Å². The molecule has 0 heterocycles. The molecule has 100 valence electrons. The van der Waals surface area contributed by atoms with Gasteiger partial charge in [0.25, 0.3) is 0 Å². The van der Waals surface area contributed by atoms with Crippen molar-refractivity contribution in [3.8, 4) is 0 Å². The maximum Gasteiger partial charge on any atom is 0.128 e. The highest BCUT2D eigenvalue weighted by Crippen LogP contribution is 2.23. The summed E-state index contributed by atoms with van der Waals surface area (Å²) in [6, 6.07) is 13.6. The molecule has 2 aromatic carbocycles. The van der Waals surface area contributed by atoms with E-state index in [1.54, 1.807) is 13.0 Å². The maximum absolute atomic E-state index is 13.3. The average molecular weight is 258 g/mol. The van der Waals surface area contributed by atoms with Crippen LogP contribution in [0.4, 0.5) is 15.8 Å². The SMILES string of the molecule is Cc1cc(NC(C)Cc2ccccc2)c(N)cc1F. The standard InChI is InChI=1S/C16H19FN2/c1-11-8-16(15(18)10-14(11)17)19-12(2)9-13-6-4-3-5-7-13/h3-8,10,12,19H,9,18H2,1-2H3. The van der Waals surface area contributed by atoms with Crippen LogP contribution in [0.5, 0.6) is 0 Å². The van der Waals surface area contributed by atoms with E-state index in [1.807, 2.05) is 18.2 Å². The van der Waals surface area contributed by atoms with E-state index in [1.165, 1.54) is 11.6 Å². The van der Waals surface area contributed by atoms with Crippen molar-refractivity contribution in [1.29, 1.82) is 0 Å². The summed E-state index contributed by atoms with van der Waals surface area (Å²) < 4.78 is 13.3. The van der Waals surface area contributed by atoms with Gasteiger partial charge >= 0.3 is 0 Å². The van der Waals surface area contributed by atoms with Crippen LogP contribution < -0.4 is 11.1 Å². The molecular weight excluding hydrogens is 239 g/mol. The number of benzene rings is 2. The van der Waals surface area contributed by atoms with E-state index in [0.717, 1.165) is 12.1 Å². The fourth-order valence-corrected chi connectivity index (χ4v) is 2.11. The molecule has 0 radical (unpaired) electrons. The minimum atomic E-state index is -0.265. The van der Waals surface area contributed by atoms with Crippen molar-refractivity contribution < 1.29 is 4.39 Å². The van der Waals surface area contributed by atoms with E-state index in [4.69, 9.17) is 5.73 Å². The number of aryl methyl sites for hydroxylation is 1. The van der Waals surface area contributed by atoms with Crippen molar-refractivity contribution in [2.24, 2.45) is 0 Å². The summed E-state index contributed by atoms with van der Waals surface area (Å²) in [5.41, 5.74) is 8.93. The molecular formula is C16H19FN2. The smallest absolute Gasteiger partial charge is 0.128 e. The lowest BCUT2D eigenvalue weighted by Crippen LogP contribution is -2.19. The number of hydrogen-bond acceptors (Lipinski definition) is 2. The molecule has 0 saturated heterocycles. The number of hydrogen-bond donors (Lipinski definition) is 2. The van der Waals surface area contributed by atoms with Crippen molar-refractivity contribution in [2.45, 2.75) is 26.3 Å². The second-order valence-electron chi connectivity index (χ2n) is 4.92. The highest BCUT2D eigenvalue weighted by Gasteiger charge is 2.08. The van der Waals surface area contributed by atoms with Crippen LogP contribution in [0.2, 0.25) is 0 Å². The zero-order valence-corrected chi connectivity index (χ0v) is 11.3. The van der Waals surface area contributed by atoms with Crippen LogP contribution in [0, 0.1) is 12.7 Å². The predicted molar refractivity (Wildman–Crippen MR) is 78.8 cm³/mol. The van der Waals surface area contributed by atoms with Crippen molar-refractivity contribution >= 4 is 11.4 Å². The summed E-state index contributed by atoms with van der Waals surface area (Å²) in [5, 5.41) is 3.34. The lowest BCUT2D eigenvalue weighted by Gasteiger charge is -2.17. The van der Waals surface area contributed by atoms with Crippen LogP contribution in [0.1, 0.15) is 18.1 Å². The molecule has 0 saturated carbocycles. The number of anilines is 2. The van der Waals surface area contributed by atoms with Gasteiger partial charge in [-0.15, -0.1) is 0 Å². The first-order chi connectivity index (χ1) is 9.06. The molecule has 3 heteroatoms.